The van der Waals surface area contributed by atoms with Crippen LogP contribution in [0, 0.1) is 5.82 Å². The van der Waals surface area contributed by atoms with Gasteiger partial charge in [-0.15, -0.1) is 24.0 Å². The largest absolute Gasteiger partial charge is 0.386 e. The Balaban J connectivity index is 0.00000450. The van der Waals surface area contributed by atoms with E-state index in [1.807, 2.05) is 31.2 Å². The lowest BCUT2D eigenvalue weighted by atomic mass is 10.1. The number of halogens is 2. The molecule has 0 heterocycles. The van der Waals surface area contributed by atoms with Gasteiger partial charge in [0.15, 0.2) is 5.96 Å². The highest BCUT2D eigenvalue weighted by Crippen LogP contribution is 2.13. The first-order valence-corrected chi connectivity index (χ1v) is 9.67. The van der Waals surface area contributed by atoms with Crippen molar-refractivity contribution >= 4 is 35.8 Å². The first-order chi connectivity index (χ1) is 13.9. The Kier molecular flexibility index (Phi) is 11.3. The zero-order chi connectivity index (χ0) is 21.2. The fraction of sp³-hybridized carbons (Fsp3) is 0.364. The summed E-state index contributed by atoms with van der Waals surface area (Å²) in [6.45, 7) is 3.43. The van der Waals surface area contributed by atoms with Crippen LogP contribution in [0.25, 0.3) is 0 Å². The Morgan fingerprint density at radius 1 is 1.17 bits per heavy atom. The van der Waals surface area contributed by atoms with Gasteiger partial charge in [-0.25, -0.2) is 4.39 Å². The van der Waals surface area contributed by atoms with Crippen LogP contribution in [0.3, 0.4) is 0 Å². The van der Waals surface area contributed by atoms with Gasteiger partial charge >= 0.3 is 0 Å². The zero-order valence-electron chi connectivity index (χ0n) is 17.6. The molecule has 3 N–H and O–H groups in total. The van der Waals surface area contributed by atoms with Crippen LogP contribution in [0.2, 0.25) is 0 Å². The summed E-state index contributed by atoms with van der Waals surface area (Å²) in [5, 5.41) is 16.6. The molecular weight excluding hydrogens is 498 g/mol. The Morgan fingerprint density at radius 2 is 1.87 bits per heavy atom. The Labute approximate surface area is 194 Å². The maximum Gasteiger partial charge on any atom is 0.253 e. The van der Waals surface area contributed by atoms with E-state index in [0.29, 0.717) is 30.2 Å². The van der Waals surface area contributed by atoms with E-state index in [4.69, 9.17) is 0 Å². The summed E-state index contributed by atoms with van der Waals surface area (Å²) in [5.74, 6) is 0.231. The molecule has 2 rings (SSSR count). The normalized spacial score (nSPS) is 12.0. The van der Waals surface area contributed by atoms with Crippen molar-refractivity contribution in [1.82, 2.24) is 15.5 Å². The minimum atomic E-state index is -0.806. The summed E-state index contributed by atoms with van der Waals surface area (Å²) in [7, 11) is 3.46. The van der Waals surface area contributed by atoms with Crippen LogP contribution >= 0.6 is 24.0 Å². The quantitative estimate of drug-likeness (QED) is 0.280. The fourth-order valence-corrected chi connectivity index (χ4v) is 2.75. The predicted octanol–water partition coefficient (Wildman–Crippen LogP) is 2.98. The molecule has 6 nitrogen and oxygen atoms in total. The number of aliphatic imine (C=N–C) groups is 1. The molecule has 1 atom stereocenters. The summed E-state index contributed by atoms with van der Waals surface area (Å²) < 4.78 is 13.0. The van der Waals surface area contributed by atoms with Crippen molar-refractivity contribution in [1.29, 1.82) is 0 Å². The maximum absolute atomic E-state index is 13.0. The Hall–Kier alpha value is -2.20. The molecule has 0 saturated heterocycles. The van der Waals surface area contributed by atoms with Gasteiger partial charge in [0.1, 0.15) is 5.82 Å². The molecule has 8 heteroatoms. The molecule has 0 spiro atoms. The average Bonchev–Trinajstić information content (AvgIpc) is 2.72. The number of nitrogens with zero attached hydrogens (tertiary/aromatic N) is 2. The molecule has 0 radical (unpaired) electrons. The van der Waals surface area contributed by atoms with Gasteiger partial charge < -0.3 is 20.6 Å². The second-order valence-electron chi connectivity index (χ2n) is 6.86. The molecular formula is C22H30FIN4O2. The van der Waals surface area contributed by atoms with Crippen molar-refractivity contribution in [3.05, 3.63) is 71.0 Å². The maximum atomic E-state index is 13.0. The second-order valence-corrected chi connectivity index (χ2v) is 6.86. The van der Waals surface area contributed by atoms with E-state index in [9.17, 15) is 14.3 Å². The third kappa shape index (κ3) is 8.27. The first kappa shape index (κ1) is 25.8. The van der Waals surface area contributed by atoms with Crippen molar-refractivity contribution in [2.24, 2.45) is 4.99 Å². The monoisotopic (exact) mass is 528 g/mol. The summed E-state index contributed by atoms with van der Waals surface area (Å²) in [6, 6.07) is 13.3. The molecule has 0 bridgehead atoms. The molecule has 164 valence electrons. The van der Waals surface area contributed by atoms with Gasteiger partial charge in [-0.2, -0.15) is 0 Å². The van der Waals surface area contributed by atoms with Crippen molar-refractivity contribution in [2.45, 2.75) is 19.4 Å². The van der Waals surface area contributed by atoms with Gasteiger partial charge in [0.2, 0.25) is 0 Å². The third-order valence-electron chi connectivity index (χ3n) is 4.31. The number of amides is 1. The number of rotatable bonds is 8. The Morgan fingerprint density at radius 3 is 2.50 bits per heavy atom. The molecule has 1 amide bonds. The van der Waals surface area contributed by atoms with E-state index < -0.39 is 6.10 Å². The topological polar surface area (TPSA) is 77.0 Å². The lowest BCUT2D eigenvalue weighted by Crippen LogP contribution is -2.38. The number of hydrogen-bond donors (Lipinski definition) is 3. The molecule has 0 aliphatic carbocycles. The van der Waals surface area contributed by atoms with E-state index in [2.05, 4.69) is 15.6 Å². The molecule has 2 aromatic carbocycles. The number of carbonyl (C=O) groups excluding carboxylic acids is 1. The van der Waals surface area contributed by atoms with E-state index in [-0.39, 0.29) is 42.2 Å². The lowest BCUT2D eigenvalue weighted by molar-refractivity contribution is 0.0827. The van der Waals surface area contributed by atoms with E-state index in [1.165, 1.54) is 12.1 Å². The number of carbonyl (C=O) groups is 1. The standard InChI is InChI=1S/C22H29FN4O2.HI/c1-4-24-22(26-15-20(28)17-8-10-19(23)11-9-17)25-13-12-16-6-5-7-18(14-16)21(29)27(2)3;/h5-11,14,20,28H,4,12-13,15H2,1-3H3,(H2,24,25,26);1H. The van der Waals surface area contributed by atoms with Crippen LogP contribution in [-0.2, 0) is 6.42 Å². The summed E-state index contributed by atoms with van der Waals surface area (Å²) >= 11 is 0. The summed E-state index contributed by atoms with van der Waals surface area (Å²) in [5.41, 5.74) is 2.33. The molecule has 0 aliphatic rings. The fourth-order valence-electron chi connectivity index (χ4n) is 2.75. The minimum absolute atomic E-state index is 0. The molecule has 30 heavy (non-hydrogen) atoms. The van der Waals surface area contributed by atoms with Crippen LogP contribution < -0.4 is 10.6 Å². The van der Waals surface area contributed by atoms with Gasteiger partial charge in [-0.3, -0.25) is 9.79 Å². The number of hydrogen-bond acceptors (Lipinski definition) is 3. The summed E-state index contributed by atoms with van der Waals surface area (Å²) in [4.78, 5) is 18.0. The van der Waals surface area contributed by atoms with Crippen molar-refractivity contribution in [2.75, 3.05) is 33.7 Å². The van der Waals surface area contributed by atoms with Gasteiger partial charge in [0.05, 0.1) is 12.6 Å². The number of benzene rings is 2. The smallest absolute Gasteiger partial charge is 0.253 e. The van der Waals surface area contributed by atoms with E-state index in [0.717, 1.165) is 12.0 Å². The molecule has 0 fully saturated rings. The van der Waals surface area contributed by atoms with Gasteiger partial charge in [-0.05, 0) is 48.7 Å². The average molecular weight is 528 g/mol. The van der Waals surface area contributed by atoms with Crippen molar-refractivity contribution in [3.8, 4) is 0 Å². The minimum Gasteiger partial charge on any atom is -0.386 e. The molecule has 0 aromatic heterocycles. The number of aliphatic hydroxyl groups excluding tert-OH is 1. The van der Waals surface area contributed by atoms with Gasteiger partial charge in [0, 0.05) is 32.7 Å². The van der Waals surface area contributed by atoms with Crippen LogP contribution in [-0.4, -0.2) is 55.6 Å². The predicted molar refractivity (Wildman–Crippen MR) is 129 cm³/mol. The molecule has 1 unspecified atom stereocenters. The highest BCUT2D eigenvalue weighted by molar-refractivity contribution is 14.0. The first-order valence-electron chi connectivity index (χ1n) is 9.67. The molecule has 0 saturated carbocycles. The number of nitrogens with one attached hydrogen (secondary N) is 2. The van der Waals surface area contributed by atoms with Gasteiger partial charge in [0.25, 0.3) is 5.91 Å². The SMILES string of the molecule is CCNC(=NCC(O)c1ccc(F)cc1)NCCc1cccc(C(=O)N(C)C)c1.I. The van der Waals surface area contributed by atoms with Crippen molar-refractivity contribution < 1.29 is 14.3 Å². The zero-order valence-corrected chi connectivity index (χ0v) is 19.9. The van der Waals surface area contributed by atoms with Crippen LogP contribution in [0.15, 0.2) is 53.5 Å². The van der Waals surface area contributed by atoms with Crippen molar-refractivity contribution in [3.63, 3.8) is 0 Å². The lowest BCUT2D eigenvalue weighted by Gasteiger charge is -2.14. The number of guanidine groups is 1. The third-order valence-corrected chi connectivity index (χ3v) is 4.31. The van der Waals surface area contributed by atoms with E-state index in [1.54, 1.807) is 31.1 Å². The molecule has 2 aromatic rings. The van der Waals surface area contributed by atoms with Crippen LogP contribution in [0.1, 0.15) is 34.5 Å². The Bertz CT molecular complexity index is 828. The summed E-state index contributed by atoms with van der Waals surface area (Å²) in [6.07, 6.45) is -0.0841. The van der Waals surface area contributed by atoms with E-state index >= 15 is 0 Å². The van der Waals surface area contributed by atoms with Crippen LogP contribution in [0.5, 0.6) is 0 Å². The number of aliphatic hydroxyl groups is 1. The second kappa shape index (κ2) is 13.2. The van der Waals surface area contributed by atoms with Gasteiger partial charge in [-0.1, -0.05) is 24.3 Å². The highest BCUT2D eigenvalue weighted by atomic mass is 127. The molecule has 0 aliphatic heterocycles. The van der Waals surface area contributed by atoms with Crippen LogP contribution in [0.4, 0.5) is 4.39 Å². The highest BCUT2D eigenvalue weighted by Gasteiger charge is 2.09.